The Hall–Kier alpha value is -2.60. The molecule has 24 heavy (non-hydrogen) atoms. The molecule has 3 aromatic rings. The number of benzene rings is 1. The molecule has 1 aromatic carbocycles. The molecule has 0 atom stereocenters. The Morgan fingerprint density at radius 1 is 1.42 bits per heavy atom. The lowest BCUT2D eigenvalue weighted by atomic mass is 10.0. The van der Waals surface area contributed by atoms with E-state index in [1.165, 1.54) is 0 Å². The van der Waals surface area contributed by atoms with Crippen LogP contribution in [-0.2, 0) is 24.5 Å². The highest BCUT2D eigenvalue weighted by Crippen LogP contribution is 2.37. The number of hydrogen-bond donors (Lipinski definition) is 1. The number of fused-ring (bicyclic) bond motifs is 3. The predicted molar refractivity (Wildman–Crippen MR) is 92.9 cm³/mol. The summed E-state index contributed by atoms with van der Waals surface area (Å²) < 4.78 is 7.53. The Bertz CT molecular complexity index is 884. The van der Waals surface area contributed by atoms with E-state index in [2.05, 4.69) is 16.5 Å². The van der Waals surface area contributed by atoms with Crippen molar-refractivity contribution in [1.82, 2.24) is 15.1 Å². The van der Waals surface area contributed by atoms with Crippen LogP contribution in [0.25, 0.3) is 11.3 Å². The number of carbonyl (C=O) groups is 1. The van der Waals surface area contributed by atoms with Gasteiger partial charge in [-0.2, -0.15) is 5.10 Å². The molecule has 6 heteroatoms. The van der Waals surface area contributed by atoms with Crippen LogP contribution in [0.5, 0.6) is 5.75 Å². The topological polar surface area (TPSA) is 56.2 Å². The van der Waals surface area contributed by atoms with E-state index >= 15 is 0 Å². The molecule has 0 bridgehead atoms. The van der Waals surface area contributed by atoms with Crippen LogP contribution in [-0.4, -0.2) is 15.7 Å². The molecule has 0 unspecified atom stereocenters. The van der Waals surface area contributed by atoms with Crippen LogP contribution in [0, 0.1) is 6.92 Å². The summed E-state index contributed by atoms with van der Waals surface area (Å²) in [6.07, 6.45) is 1.78. The molecule has 1 amide bonds. The second-order valence-electron chi connectivity index (χ2n) is 5.82. The monoisotopic (exact) mass is 339 g/mol. The summed E-state index contributed by atoms with van der Waals surface area (Å²) in [7, 11) is 0. The first-order valence-electron chi connectivity index (χ1n) is 7.78. The lowest BCUT2D eigenvalue weighted by molar-refractivity contribution is -0.121. The van der Waals surface area contributed by atoms with Crippen LogP contribution < -0.4 is 10.1 Å². The molecule has 0 fully saturated rings. The summed E-state index contributed by atoms with van der Waals surface area (Å²) in [6.45, 7) is 3.29. The number of carbonyl (C=O) groups excluding carboxylic acids is 1. The minimum atomic E-state index is -0.0463. The van der Waals surface area contributed by atoms with Gasteiger partial charge < -0.3 is 10.1 Å². The minimum Gasteiger partial charge on any atom is -0.488 e. The third kappa shape index (κ3) is 2.80. The van der Waals surface area contributed by atoms with Gasteiger partial charge in [-0.05, 0) is 30.5 Å². The lowest BCUT2D eigenvalue weighted by Gasteiger charge is -2.19. The standard InChI is InChI=1S/C18H17N3O2S/c1-12-4-5-16-15(7-12)18-13(11-23-16)8-20-21(18)10-17(22)19-9-14-3-2-6-24-14/h2-8H,9-11H2,1H3,(H,19,22). The molecular formula is C18H17N3O2S. The van der Waals surface area contributed by atoms with E-state index in [1.54, 1.807) is 22.2 Å². The van der Waals surface area contributed by atoms with Gasteiger partial charge in [-0.1, -0.05) is 17.7 Å². The molecule has 5 nitrogen and oxygen atoms in total. The minimum absolute atomic E-state index is 0.0463. The number of rotatable bonds is 4. The van der Waals surface area contributed by atoms with Gasteiger partial charge in [0.15, 0.2) is 0 Å². The van der Waals surface area contributed by atoms with Crippen molar-refractivity contribution in [1.29, 1.82) is 0 Å². The lowest BCUT2D eigenvalue weighted by Crippen LogP contribution is -2.27. The number of nitrogens with zero attached hydrogens (tertiary/aromatic N) is 2. The molecular weight excluding hydrogens is 322 g/mol. The van der Waals surface area contributed by atoms with E-state index in [1.807, 2.05) is 36.6 Å². The highest BCUT2D eigenvalue weighted by atomic mass is 32.1. The fourth-order valence-corrected chi connectivity index (χ4v) is 3.51. The van der Waals surface area contributed by atoms with Crippen LogP contribution in [0.15, 0.2) is 41.9 Å². The van der Waals surface area contributed by atoms with Crippen molar-refractivity contribution in [3.8, 4) is 17.0 Å². The van der Waals surface area contributed by atoms with Crippen LogP contribution in [0.2, 0.25) is 0 Å². The summed E-state index contributed by atoms with van der Waals surface area (Å²) in [5, 5.41) is 9.34. The van der Waals surface area contributed by atoms with Gasteiger partial charge >= 0.3 is 0 Å². The fraction of sp³-hybridized carbons (Fsp3) is 0.222. The summed E-state index contributed by atoms with van der Waals surface area (Å²) in [5.41, 5.74) is 4.14. The van der Waals surface area contributed by atoms with Gasteiger partial charge in [0.05, 0.1) is 18.4 Å². The van der Waals surface area contributed by atoms with Crippen molar-refractivity contribution < 1.29 is 9.53 Å². The third-order valence-electron chi connectivity index (χ3n) is 4.02. The zero-order valence-electron chi connectivity index (χ0n) is 13.3. The second-order valence-corrected chi connectivity index (χ2v) is 6.85. The SMILES string of the molecule is Cc1ccc2c(c1)-c1c(cnn1CC(=O)NCc1cccs1)CO2. The predicted octanol–water partition coefficient (Wildman–Crippen LogP) is 3.13. The molecule has 122 valence electrons. The van der Waals surface area contributed by atoms with E-state index < -0.39 is 0 Å². The quantitative estimate of drug-likeness (QED) is 0.794. The number of aryl methyl sites for hydroxylation is 1. The van der Waals surface area contributed by atoms with Crippen LogP contribution in [0.3, 0.4) is 0 Å². The summed E-state index contributed by atoms with van der Waals surface area (Å²) in [6, 6.07) is 10.1. The number of ether oxygens (including phenoxy) is 1. The average Bonchev–Trinajstić information content (AvgIpc) is 3.23. The largest absolute Gasteiger partial charge is 0.488 e. The van der Waals surface area contributed by atoms with Crippen LogP contribution >= 0.6 is 11.3 Å². The van der Waals surface area contributed by atoms with Crippen molar-refractivity contribution >= 4 is 17.2 Å². The second kappa shape index (κ2) is 6.13. The van der Waals surface area contributed by atoms with Crippen LogP contribution in [0.4, 0.5) is 0 Å². The maximum atomic E-state index is 12.3. The van der Waals surface area contributed by atoms with Gasteiger partial charge in [-0.3, -0.25) is 9.48 Å². The maximum Gasteiger partial charge on any atom is 0.242 e. The molecule has 2 aromatic heterocycles. The maximum absolute atomic E-state index is 12.3. The van der Waals surface area contributed by atoms with Gasteiger partial charge in [0.1, 0.15) is 18.9 Å². The van der Waals surface area contributed by atoms with E-state index in [0.29, 0.717) is 13.2 Å². The normalized spacial score (nSPS) is 12.2. The third-order valence-corrected chi connectivity index (χ3v) is 4.90. The number of amides is 1. The number of aromatic nitrogens is 2. The van der Waals surface area contributed by atoms with Crippen molar-refractivity contribution in [2.24, 2.45) is 0 Å². The fourth-order valence-electron chi connectivity index (χ4n) is 2.86. The molecule has 0 spiro atoms. The van der Waals surface area contributed by atoms with E-state index in [-0.39, 0.29) is 12.5 Å². The Kier molecular flexibility index (Phi) is 3.82. The van der Waals surface area contributed by atoms with E-state index in [0.717, 1.165) is 33.0 Å². The Balaban J connectivity index is 1.55. The van der Waals surface area contributed by atoms with Crippen molar-refractivity contribution in [3.63, 3.8) is 0 Å². The zero-order valence-corrected chi connectivity index (χ0v) is 14.1. The molecule has 0 saturated heterocycles. The molecule has 0 radical (unpaired) electrons. The van der Waals surface area contributed by atoms with Crippen molar-refractivity contribution in [3.05, 3.63) is 57.9 Å². The molecule has 1 N–H and O–H groups in total. The smallest absolute Gasteiger partial charge is 0.242 e. The van der Waals surface area contributed by atoms with Gasteiger partial charge in [0.2, 0.25) is 5.91 Å². The van der Waals surface area contributed by atoms with Gasteiger partial charge in [0.25, 0.3) is 0 Å². The van der Waals surface area contributed by atoms with Gasteiger partial charge in [0, 0.05) is 16.0 Å². The van der Waals surface area contributed by atoms with E-state index in [9.17, 15) is 4.79 Å². The molecule has 3 heterocycles. The highest BCUT2D eigenvalue weighted by Gasteiger charge is 2.23. The average molecular weight is 339 g/mol. The van der Waals surface area contributed by atoms with Crippen LogP contribution in [0.1, 0.15) is 16.0 Å². The van der Waals surface area contributed by atoms with Gasteiger partial charge in [-0.25, -0.2) is 0 Å². The Labute approximate surface area is 143 Å². The zero-order chi connectivity index (χ0) is 16.5. The highest BCUT2D eigenvalue weighted by molar-refractivity contribution is 7.09. The first kappa shape index (κ1) is 15.0. The number of hydrogen-bond acceptors (Lipinski definition) is 4. The Morgan fingerprint density at radius 2 is 2.33 bits per heavy atom. The van der Waals surface area contributed by atoms with Gasteiger partial charge in [-0.15, -0.1) is 11.3 Å². The van der Waals surface area contributed by atoms with Crippen molar-refractivity contribution in [2.45, 2.75) is 26.6 Å². The first-order chi connectivity index (χ1) is 11.7. The molecule has 0 saturated carbocycles. The number of nitrogens with one attached hydrogen (secondary N) is 1. The molecule has 0 aliphatic carbocycles. The number of thiophene rings is 1. The van der Waals surface area contributed by atoms with Crippen molar-refractivity contribution in [2.75, 3.05) is 0 Å². The molecule has 4 rings (SSSR count). The van der Waals surface area contributed by atoms with E-state index in [4.69, 9.17) is 4.74 Å². The Morgan fingerprint density at radius 3 is 3.17 bits per heavy atom. The summed E-state index contributed by atoms with van der Waals surface area (Å²) >= 11 is 1.63. The summed E-state index contributed by atoms with van der Waals surface area (Å²) in [4.78, 5) is 13.4. The summed E-state index contributed by atoms with van der Waals surface area (Å²) in [5.74, 6) is 0.795. The molecule has 1 aliphatic heterocycles. The molecule has 1 aliphatic rings. The first-order valence-corrected chi connectivity index (χ1v) is 8.66.